The van der Waals surface area contributed by atoms with Crippen LogP contribution in [-0.4, -0.2) is 11.7 Å². The molecule has 0 atom stereocenters. The van der Waals surface area contributed by atoms with E-state index in [-0.39, 0.29) is 0 Å². The van der Waals surface area contributed by atoms with Crippen molar-refractivity contribution in [2.45, 2.75) is 13.3 Å². The molecule has 14 heavy (non-hydrogen) atoms. The van der Waals surface area contributed by atoms with E-state index in [1.54, 1.807) is 0 Å². The summed E-state index contributed by atoms with van der Waals surface area (Å²) < 4.78 is 1.22. The molecule has 0 heterocycles. The maximum atomic E-state index is 5.11. The van der Waals surface area contributed by atoms with Crippen LogP contribution in [0.1, 0.15) is 13.3 Å². The summed E-state index contributed by atoms with van der Waals surface area (Å²) in [5, 5.41) is 6.92. The Balaban J connectivity index is 2.44. The minimum atomic E-state index is 0.688. The molecule has 76 valence electrons. The zero-order chi connectivity index (χ0) is 10.4. The van der Waals surface area contributed by atoms with Crippen molar-refractivity contribution < 1.29 is 0 Å². The van der Waals surface area contributed by atoms with Gasteiger partial charge in [0.05, 0.1) is 0 Å². The largest absolute Gasteiger partial charge is 0.362 e. The van der Waals surface area contributed by atoms with Crippen molar-refractivity contribution in [3.8, 4) is 0 Å². The Hall–Kier alpha value is -0.360. The minimum absolute atomic E-state index is 0.688. The molecule has 2 nitrogen and oxygen atoms in total. The molecule has 0 bridgehead atoms. The van der Waals surface area contributed by atoms with E-state index in [9.17, 15) is 0 Å². The van der Waals surface area contributed by atoms with Crippen molar-refractivity contribution >= 4 is 45.6 Å². The number of thiocarbonyl (C=S) groups is 1. The number of nitrogens with one attached hydrogen (secondary N) is 2. The maximum Gasteiger partial charge on any atom is 0.170 e. The third-order valence-corrected chi connectivity index (χ3v) is 2.60. The van der Waals surface area contributed by atoms with Gasteiger partial charge >= 0.3 is 0 Å². The highest BCUT2D eigenvalue weighted by atomic mass is 127. The zero-order valence-electron chi connectivity index (χ0n) is 8.01. The van der Waals surface area contributed by atoms with Gasteiger partial charge in [0.15, 0.2) is 5.11 Å². The van der Waals surface area contributed by atoms with Gasteiger partial charge in [-0.25, -0.2) is 0 Å². The summed E-state index contributed by atoms with van der Waals surface area (Å²) in [6.07, 6.45) is 1.08. The first-order valence-corrected chi connectivity index (χ1v) is 6.01. The summed E-state index contributed by atoms with van der Waals surface area (Å²) in [6, 6.07) is 8.13. The third-order valence-electron chi connectivity index (χ3n) is 1.64. The van der Waals surface area contributed by atoms with Gasteiger partial charge in [-0.3, -0.25) is 0 Å². The summed E-state index contributed by atoms with van der Waals surface area (Å²) in [5.74, 6) is 0. The van der Waals surface area contributed by atoms with Gasteiger partial charge in [-0.05, 0) is 65.5 Å². The molecule has 0 saturated heterocycles. The van der Waals surface area contributed by atoms with E-state index < -0.39 is 0 Å². The number of halogens is 1. The van der Waals surface area contributed by atoms with Crippen molar-refractivity contribution in [3.63, 3.8) is 0 Å². The van der Waals surface area contributed by atoms with Crippen LogP contribution in [0.5, 0.6) is 0 Å². The molecule has 1 rings (SSSR count). The molecule has 0 radical (unpaired) electrons. The Morgan fingerprint density at radius 3 is 2.57 bits per heavy atom. The lowest BCUT2D eigenvalue weighted by Gasteiger charge is -2.09. The van der Waals surface area contributed by atoms with Crippen LogP contribution in [0.15, 0.2) is 24.3 Å². The van der Waals surface area contributed by atoms with Gasteiger partial charge in [-0.2, -0.15) is 0 Å². The van der Waals surface area contributed by atoms with Gasteiger partial charge in [0.25, 0.3) is 0 Å². The normalized spacial score (nSPS) is 9.57. The second-order valence-corrected chi connectivity index (χ2v) is 4.54. The van der Waals surface area contributed by atoms with Crippen LogP contribution in [0.3, 0.4) is 0 Å². The van der Waals surface area contributed by atoms with Crippen molar-refractivity contribution in [3.05, 3.63) is 27.8 Å². The molecule has 1 aromatic rings. The van der Waals surface area contributed by atoms with E-state index in [0.29, 0.717) is 5.11 Å². The predicted molar refractivity (Wildman–Crippen MR) is 73.7 cm³/mol. The van der Waals surface area contributed by atoms with Crippen molar-refractivity contribution in [1.82, 2.24) is 5.32 Å². The molecular formula is C10H13IN2S. The van der Waals surface area contributed by atoms with E-state index in [0.717, 1.165) is 18.7 Å². The van der Waals surface area contributed by atoms with E-state index in [4.69, 9.17) is 12.2 Å². The van der Waals surface area contributed by atoms with Crippen molar-refractivity contribution in [2.75, 3.05) is 11.9 Å². The molecule has 0 saturated carbocycles. The Morgan fingerprint density at radius 1 is 1.36 bits per heavy atom. The summed E-state index contributed by atoms with van der Waals surface area (Å²) in [6.45, 7) is 3.02. The van der Waals surface area contributed by atoms with Gasteiger partial charge in [-0.15, -0.1) is 0 Å². The fourth-order valence-electron chi connectivity index (χ4n) is 0.947. The third kappa shape index (κ3) is 4.23. The molecule has 1 aromatic carbocycles. The van der Waals surface area contributed by atoms with Crippen LogP contribution in [0.4, 0.5) is 5.69 Å². The Labute approximate surface area is 104 Å². The Morgan fingerprint density at radius 2 is 2.00 bits per heavy atom. The molecule has 0 aliphatic heterocycles. The molecule has 4 heteroatoms. The molecule has 0 amide bonds. The topological polar surface area (TPSA) is 24.1 Å². The highest BCUT2D eigenvalue weighted by Crippen LogP contribution is 2.10. The lowest BCUT2D eigenvalue weighted by molar-refractivity contribution is 0.846. The van der Waals surface area contributed by atoms with Crippen molar-refractivity contribution in [1.29, 1.82) is 0 Å². The molecule has 0 aromatic heterocycles. The standard InChI is InChI=1S/C10H13IN2S/c1-2-7-12-10(14)13-9-5-3-8(11)4-6-9/h3-6H,2,7H2,1H3,(H2,12,13,14). The fourth-order valence-corrected chi connectivity index (χ4v) is 1.53. The number of hydrogen-bond acceptors (Lipinski definition) is 1. The lowest BCUT2D eigenvalue weighted by atomic mass is 10.3. The van der Waals surface area contributed by atoms with E-state index in [2.05, 4.69) is 40.1 Å². The van der Waals surface area contributed by atoms with Crippen LogP contribution in [0.2, 0.25) is 0 Å². The predicted octanol–water partition coefficient (Wildman–Crippen LogP) is 2.99. The maximum absolute atomic E-state index is 5.11. The highest BCUT2D eigenvalue weighted by molar-refractivity contribution is 14.1. The molecule has 2 N–H and O–H groups in total. The first kappa shape index (κ1) is 11.7. The summed E-state index contributed by atoms with van der Waals surface area (Å²) in [7, 11) is 0. The fraction of sp³-hybridized carbons (Fsp3) is 0.300. The number of anilines is 1. The summed E-state index contributed by atoms with van der Waals surface area (Å²) in [4.78, 5) is 0. The van der Waals surface area contributed by atoms with Gasteiger partial charge in [-0.1, -0.05) is 6.92 Å². The SMILES string of the molecule is CCCNC(=S)Nc1ccc(I)cc1. The van der Waals surface area contributed by atoms with E-state index >= 15 is 0 Å². The zero-order valence-corrected chi connectivity index (χ0v) is 11.0. The highest BCUT2D eigenvalue weighted by Gasteiger charge is 1.95. The van der Waals surface area contributed by atoms with Crippen LogP contribution in [0, 0.1) is 3.57 Å². The second kappa shape index (κ2) is 6.19. The number of benzene rings is 1. The molecule has 0 aliphatic carbocycles. The van der Waals surface area contributed by atoms with Crippen LogP contribution < -0.4 is 10.6 Å². The smallest absolute Gasteiger partial charge is 0.170 e. The summed E-state index contributed by atoms with van der Waals surface area (Å²) in [5.41, 5.74) is 1.03. The van der Waals surface area contributed by atoms with E-state index in [1.807, 2.05) is 24.3 Å². The number of rotatable bonds is 3. The molecule has 0 unspecified atom stereocenters. The molecule has 0 fully saturated rings. The van der Waals surface area contributed by atoms with E-state index in [1.165, 1.54) is 3.57 Å². The monoisotopic (exact) mass is 320 g/mol. The van der Waals surface area contributed by atoms with Gasteiger partial charge in [0, 0.05) is 15.8 Å². The first-order chi connectivity index (χ1) is 6.72. The lowest BCUT2D eigenvalue weighted by Crippen LogP contribution is -2.28. The van der Waals surface area contributed by atoms with Crippen LogP contribution >= 0.6 is 34.8 Å². The summed E-state index contributed by atoms with van der Waals surface area (Å²) >= 11 is 7.39. The van der Waals surface area contributed by atoms with Gasteiger partial charge in [0.2, 0.25) is 0 Å². The molecule has 0 spiro atoms. The van der Waals surface area contributed by atoms with Gasteiger partial charge in [0.1, 0.15) is 0 Å². The molecular weight excluding hydrogens is 307 g/mol. The van der Waals surface area contributed by atoms with Gasteiger partial charge < -0.3 is 10.6 Å². The molecule has 0 aliphatic rings. The Bertz CT molecular complexity index is 297. The van der Waals surface area contributed by atoms with Crippen LogP contribution in [-0.2, 0) is 0 Å². The Kier molecular flexibility index (Phi) is 5.17. The quantitative estimate of drug-likeness (QED) is 0.661. The second-order valence-electron chi connectivity index (χ2n) is 2.89. The van der Waals surface area contributed by atoms with Crippen molar-refractivity contribution in [2.24, 2.45) is 0 Å². The number of hydrogen-bond donors (Lipinski definition) is 2. The first-order valence-electron chi connectivity index (χ1n) is 4.53. The minimum Gasteiger partial charge on any atom is -0.362 e. The average molecular weight is 320 g/mol. The average Bonchev–Trinajstić information content (AvgIpc) is 2.18. The van der Waals surface area contributed by atoms with Crippen LogP contribution in [0.25, 0.3) is 0 Å².